The zero-order valence-corrected chi connectivity index (χ0v) is 17.7. The van der Waals surface area contributed by atoms with E-state index in [4.69, 9.17) is 20.9 Å². The summed E-state index contributed by atoms with van der Waals surface area (Å²) in [5.41, 5.74) is 2.32. The van der Waals surface area contributed by atoms with Crippen molar-refractivity contribution in [3.05, 3.63) is 57.4 Å². The average molecular weight is 446 g/mol. The summed E-state index contributed by atoms with van der Waals surface area (Å²) in [4.78, 5) is 18.9. The van der Waals surface area contributed by atoms with Gasteiger partial charge in [0, 0.05) is 36.5 Å². The number of ether oxygens (including phenoxy) is 1. The summed E-state index contributed by atoms with van der Waals surface area (Å²) >= 11 is 5.87. The molecule has 3 aromatic heterocycles. The van der Waals surface area contributed by atoms with E-state index in [0.717, 1.165) is 16.8 Å². The Morgan fingerprint density at radius 2 is 2.16 bits per heavy atom. The first-order valence-electron chi connectivity index (χ1n) is 10.1. The molecule has 0 bridgehead atoms. The van der Waals surface area contributed by atoms with Crippen LogP contribution < -0.4 is 10.5 Å². The lowest BCUT2D eigenvalue weighted by atomic mass is 9.85. The molecule has 2 saturated heterocycles. The number of aromatic nitrogens is 4. The topological polar surface area (TPSA) is 86.3 Å². The van der Waals surface area contributed by atoms with Gasteiger partial charge in [-0.25, -0.2) is 14.1 Å². The van der Waals surface area contributed by atoms with E-state index in [1.165, 1.54) is 4.68 Å². The van der Waals surface area contributed by atoms with E-state index in [2.05, 4.69) is 15.2 Å². The first kappa shape index (κ1) is 20.1. The molecule has 3 aromatic rings. The minimum Gasteiger partial charge on any atom is -0.368 e. The van der Waals surface area contributed by atoms with Crippen LogP contribution >= 0.6 is 11.6 Å². The second-order valence-corrected chi connectivity index (χ2v) is 8.52. The number of pyridine rings is 1. The van der Waals surface area contributed by atoms with E-state index in [0.29, 0.717) is 42.5 Å². The van der Waals surface area contributed by atoms with Crippen LogP contribution in [0.4, 0.5) is 10.1 Å². The Morgan fingerprint density at radius 3 is 2.84 bits per heavy atom. The van der Waals surface area contributed by atoms with Crippen LogP contribution in [0.15, 0.2) is 39.9 Å². The highest BCUT2D eigenvalue weighted by Crippen LogP contribution is 2.37. The van der Waals surface area contributed by atoms with Gasteiger partial charge in [0.2, 0.25) is 0 Å². The zero-order chi connectivity index (χ0) is 21.6. The lowest BCUT2D eigenvalue weighted by Gasteiger charge is -2.52. The Balaban J connectivity index is 1.33. The van der Waals surface area contributed by atoms with E-state index in [9.17, 15) is 9.18 Å². The van der Waals surface area contributed by atoms with Crippen molar-refractivity contribution in [2.24, 2.45) is 0 Å². The molecule has 8 nitrogen and oxygen atoms in total. The van der Waals surface area contributed by atoms with Gasteiger partial charge in [-0.05, 0) is 31.9 Å². The molecule has 10 heteroatoms. The molecule has 1 atom stereocenters. The van der Waals surface area contributed by atoms with Gasteiger partial charge >= 0.3 is 0 Å². The third-order valence-corrected chi connectivity index (χ3v) is 6.18. The fraction of sp³-hybridized carbons (Fsp3) is 0.429. The molecule has 0 radical (unpaired) electrons. The first-order valence-corrected chi connectivity index (χ1v) is 10.5. The number of alkyl halides is 1. The molecule has 31 heavy (non-hydrogen) atoms. The van der Waals surface area contributed by atoms with Gasteiger partial charge in [-0.15, -0.1) is 0 Å². The number of hydrogen-bond acceptors (Lipinski definition) is 7. The van der Waals surface area contributed by atoms with E-state index in [1.54, 1.807) is 37.5 Å². The first-order chi connectivity index (χ1) is 14.9. The van der Waals surface area contributed by atoms with E-state index in [-0.39, 0.29) is 24.3 Å². The number of aryl methyl sites for hydroxylation is 1. The van der Waals surface area contributed by atoms with Crippen molar-refractivity contribution in [1.82, 2.24) is 19.9 Å². The van der Waals surface area contributed by atoms with Crippen LogP contribution in [0.25, 0.3) is 11.3 Å². The molecule has 0 amide bonds. The van der Waals surface area contributed by atoms with Crippen molar-refractivity contribution in [3.8, 4) is 11.3 Å². The Hall–Kier alpha value is -2.78. The van der Waals surface area contributed by atoms with Gasteiger partial charge in [0.25, 0.3) is 5.56 Å². The highest BCUT2D eigenvalue weighted by atomic mass is 35.5. The minimum absolute atomic E-state index is 0.150. The predicted molar refractivity (Wildman–Crippen MR) is 112 cm³/mol. The number of rotatable bonds is 4. The Morgan fingerprint density at radius 1 is 1.32 bits per heavy atom. The minimum atomic E-state index is -0.875. The highest BCUT2D eigenvalue weighted by Gasteiger charge is 2.47. The molecule has 2 aliphatic rings. The summed E-state index contributed by atoms with van der Waals surface area (Å²) in [6.07, 6.45) is 3.63. The summed E-state index contributed by atoms with van der Waals surface area (Å²) in [5, 5.41) is 8.84. The summed E-state index contributed by atoms with van der Waals surface area (Å²) in [6, 6.07) is 5.04. The SMILES string of the molecule is Cc1onc(-c2ccc(Cl)nc2)c1Cn1ncc(N2CC3(CC[C@H](F)CO3)C2)cc1=O. The Bertz CT molecular complexity index is 1150. The highest BCUT2D eigenvalue weighted by molar-refractivity contribution is 6.29. The molecule has 0 aromatic carbocycles. The van der Waals surface area contributed by atoms with Gasteiger partial charge < -0.3 is 14.2 Å². The molecular formula is C21H21ClFN5O3. The van der Waals surface area contributed by atoms with Crippen LogP contribution in [-0.4, -0.2) is 51.4 Å². The zero-order valence-electron chi connectivity index (χ0n) is 16.9. The van der Waals surface area contributed by atoms with Gasteiger partial charge in [0.05, 0.1) is 25.0 Å². The summed E-state index contributed by atoms with van der Waals surface area (Å²) in [6.45, 7) is 3.45. The van der Waals surface area contributed by atoms with Crippen molar-refractivity contribution in [1.29, 1.82) is 0 Å². The monoisotopic (exact) mass is 445 g/mol. The molecule has 1 spiro atoms. The van der Waals surface area contributed by atoms with Gasteiger partial charge in [0.15, 0.2) is 0 Å². The summed E-state index contributed by atoms with van der Waals surface area (Å²) in [7, 11) is 0. The van der Waals surface area contributed by atoms with Crippen molar-refractivity contribution < 1.29 is 13.7 Å². The normalized spacial score (nSPS) is 20.1. The van der Waals surface area contributed by atoms with Crippen molar-refractivity contribution in [2.75, 3.05) is 24.6 Å². The Kier molecular flexibility index (Phi) is 5.02. The molecule has 2 fully saturated rings. The fourth-order valence-electron chi connectivity index (χ4n) is 4.11. The van der Waals surface area contributed by atoms with E-state index in [1.807, 2.05) is 4.90 Å². The molecule has 2 aliphatic heterocycles. The summed E-state index contributed by atoms with van der Waals surface area (Å²) < 4.78 is 25.8. The molecule has 0 aliphatic carbocycles. The fourth-order valence-corrected chi connectivity index (χ4v) is 4.22. The number of halogens is 2. The van der Waals surface area contributed by atoms with Crippen molar-refractivity contribution >= 4 is 17.3 Å². The van der Waals surface area contributed by atoms with Crippen molar-refractivity contribution in [2.45, 2.75) is 38.1 Å². The molecule has 0 saturated carbocycles. The number of nitrogens with zero attached hydrogens (tertiary/aromatic N) is 5. The molecule has 5 rings (SSSR count). The van der Waals surface area contributed by atoms with E-state index < -0.39 is 6.17 Å². The van der Waals surface area contributed by atoms with Gasteiger partial charge in [-0.2, -0.15) is 5.10 Å². The standard InChI is InChI=1S/C21H21ClFN5O3/c1-13-17(20(26-31-13)14-2-3-18(22)24-7-14)9-28-19(29)6-16(8-25-28)27-11-21(12-27)5-4-15(23)10-30-21/h2-3,6-8,15H,4-5,9-12H2,1H3/t15-/m0/s1. The predicted octanol–water partition coefficient (Wildman–Crippen LogP) is 3.01. The molecular weight excluding hydrogens is 425 g/mol. The van der Waals surface area contributed by atoms with Gasteiger partial charge in [-0.3, -0.25) is 4.79 Å². The van der Waals surface area contributed by atoms with Gasteiger partial charge in [-0.1, -0.05) is 16.8 Å². The third kappa shape index (κ3) is 3.83. The second-order valence-electron chi connectivity index (χ2n) is 8.13. The Labute approximate surface area is 182 Å². The van der Waals surface area contributed by atoms with Gasteiger partial charge in [0.1, 0.15) is 28.4 Å². The smallest absolute Gasteiger partial charge is 0.269 e. The lowest BCUT2D eigenvalue weighted by Crippen LogP contribution is -2.65. The van der Waals surface area contributed by atoms with E-state index >= 15 is 0 Å². The maximum absolute atomic E-state index is 13.3. The lowest BCUT2D eigenvalue weighted by molar-refractivity contribution is -0.120. The maximum Gasteiger partial charge on any atom is 0.269 e. The quantitative estimate of drug-likeness (QED) is 0.570. The van der Waals surface area contributed by atoms with Crippen LogP contribution in [0.5, 0.6) is 0 Å². The van der Waals surface area contributed by atoms with Crippen molar-refractivity contribution in [3.63, 3.8) is 0 Å². The second kappa shape index (κ2) is 7.72. The number of hydrogen-bond donors (Lipinski definition) is 0. The molecule has 0 N–H and O–H groups in total. The number of anilines is 1. The third-order valence-electron chi connectivity index (χ3n) is 5.96. The molecule has 0 unspecified atom stereocenters. The van der Waals surface area contributed by atoms with Crippen LogP contribution in [0.1, 0.15) is 24.2 Å². The van der Waals surface area contributed by atoms with Crippen LogP contribution in [0.3, 0.4) is 0 Å². The largest absolute Gasteiger partial charge is 0.368 e. The molecule has 162 valence electrons. The summed E-state index contributed by atoms with van der Waals surface area (Å²) in [5.74, 6) is 0.605. The van der Waals surface area contributed by atoms with Crippen LogP contribution in [-0.2, 0) is 11.3 Å². The van der Waals surface area contributed by atoms with Crippen LogP contribution in [0.2, 0.25) is 5.15 Å². The van der Waals surface area contributed by atoms with Crippen LogP contribution in [0, 0.1) is 6.92 Å². The maximum atomic E-state index is 13.3. The molecule has 5 heterocycles. The average Bonchev–Trinajstić information content (AvgIpc) is 3.09.